The van der Waals surface area contributed by atoms with Crippen LogP contribution in [0.15, 0.2) is 30.3 Å². The second kappa shape index (κ2) is 12.0. The number of amides is 1. The number of halogens is 2. The molecule has 42 heavy (non-hydrogen) atoms. The number of carbonyl (C=O) groups is 1. The molecule has 2 N–H and O–H groups in total. The molecule has 0 spiro atoms. The van der Waals surface area contributed by atoms with Crippen LogP contribution in [0.1, 0.15) is 72.6 Å². The van der Waals surface area contributed by atoms with Crippen LogP contribution in [0.2, 0.25) is 0 Å². The number of aromatic nitrogens is 4. The second-order valence-electron chi connectivity index (χ2n) is 12.5. The third kappa shape index (κ3) is 6.43. The zero-order chi connectivity index (χ0) is 30.2. The number of nitrogens with zero attached hydrogens (tertiary/aromatic N) is 6. The van der Waals surface area contributed by atoms with Gasteiger partial charge < -0.3 is 25.0 Å². The van der Waals surface area contributed by atoms with Gasteiger partial charge in [-0.3, -0.25) is 4.57 Å². The summed E-state index contributed by atoms with van der Waals surface area (Å²) in [5, 5.41) is 13.2. The molecule has 228 valence electrons. The third-order valence-electron chi connectivity index (χ3n) is 8.11. The Hall–Kier alpha value is -3.54. The lowest BCUT2D eigenvalue weighted by Crippen LogP contribution is -2.52. The number of hydrogen-bond donors (Lipinski definition) is 2. The van der Waals surface area contributed by atoms with Gasteiger partial charge in [-0.15, -0.1) is 0 Å². The summed E-state index contributed by atoms with van der Waals surface area (Å²) in [6.45, 7) is 11.6. The largest absolute Gasteiger partial charge is 0.465 e. The van der Waals surface area contributed by atoms with E-state index in [1.54, 1.807) is 35.2 Å². The summed E-state index contributed by atoms with van der Waals surface area (Å²) in [5.74, 6) is 1.26. The molecule has 1 amide bonds. The number of rotatable bonds is 7. The van der Waals surface area contributed by atoms with Crippen molar-refractivity contribution >= 4 is 28.9 Å². The molecule has 0 bridgehead atoms. The molecular formula is C30H41F2N7O3. The summed E-state index contributed by atoms with van der Waals surface area (Å²) >= 11 is 0. The molecule has 3 aromatic rings. The van der Waals surface area contributed by atoms with E-state index in [0.717, 1.165) is 25.7 Å². The summed E-state index contributed by atoms with van der Waals surface area (Å²) in [6, 6.07) is 8.77. The minimum Gasteiger partial charge on any atom is -0.465 e. The molecule has 12 heteroatoms. The molecular weight excluding hydrogens is 544 g/mol. The van der Waals surface area contributed by atoms with Crippen molar-refractivity contribution in [1.29, 1.82) is 0 Å². The summed E-state index contributed by atoms with van der Waals surface area (Å²) in [7, 11) is 0. The maximum absolute atomic E-state index is 14.2. The molecule has 2 fully saturated rings. The molecule has 0 unspecified atom stereocenters. The highest BCUT2D eigenvalue weighted by atomic mass is 19.3. The van der Waals surface area contributed by atoms with Crippen molar-refractivity contribution in [3.63, 3.8) is 0 Å². The van der Waals surface area contributed by atoms with Crippen molar-refractivity contribution in [2.24, 2.45) is 5.92 Å². The first-order valence-electron chi connectivity index (χ1n) is 14.7. The highest BCUT2D eigenvalue weighted by Crippen LogP contribution is 2.33. The van der Waals surface area contributed by atoms with Gasteiger partial charge in [0.15, 0.2) is 5.82 Å². The zero-order valence-electron chi connectivity index (χ0n) is 24.9. The van der Waals surface area contributed by atoms with Gasteiger partial charge in [0.2, 0.25) is 5.95 Å². The fraction of sp³-hybridized carbons (Fsp3) is 0.600. The Kier molecular flexibility index (Phi) is 8.54. The van der Waals surface area contributed by atoms with Gasteiger partial charge in [0.1, 0.15) is 11.6 Å². The molecule has 10 nitrogen and oxygen atoms in total. The van der Waals surface area contributed by atoms with Gasteiger partial charge in [0.05, 0.1) is 23.2 Å². The smallest absolute Gasteiger partial charge is 0.407 e. The van der Waals surface area contributed by atoms with Crippen molar-refractivity contribution in [3.8, 4) is 5.82 Å². The van der Waals surface area contributed by atoms with Crippen molar-refractivity contribution in [2.45, 2.75) is 90.5 Å². The number of anilines is 2. The molecule has 1 aliphatic carbocycles. The van der Waals surface area contributed by atoms with E-state index in [1.807, 2.05) is 34.6 Å². The number of ether oxygens (including phenoxy) is 1. The normalized spacial score (nSPS) is 23.4. The fourth-order valence-electron chi connectivity index (χ4n) is 6.41. The van der Waals surface area contributed by atoms with Crippen LogP contribution in [0.5, 0.6) is 0 Å². The lowest BCUT2D eigenvalue weighted by Gasteiger charge is -2.42. The van der Waals surface area contributed by atoms with Crippen LogP contribution in [0.4, 0.5) is 25.3 Å². The lowest BCUT2D eigenvalue weighted by atomic mass is 9.84. The van der Waals surface area contributed by atoms with Crippen LogP contribution in [-0.2, 0) is 4.74 Å². The Balaban J connectivity index is 1.41. The van der Waals surface area contributed by atoms with Gasteiger partial charge in [0.25, 0.3) is 6.43 Å². The van der Waals surface area contributed by atoms with Crippen LogP contribution < -0.4 is 10.2 Å². The Morgan fingerprint density at radius 1 is 1.07 bits per heavy atom. The number of benzene rings is 1. The van der Waals surface area contributed by atoms with Gasteiger partial charge >= 0.3 is 6.09 Å². The number of morpholine rings is 1. The van der Waals surface area contributed by atoms with Gasteiger partial charge in [-0.05, 0) is 78.4 Å². The Morgan fingerprint density at radius 2 is 1.71 bits per heavy atom. The molecule has 3 heterocycles. The fourth-order valence-corrected chi connectivity index (χ4v) is 6.41. The number of para-hydroxylation sites is 2. The standard InChI is InChI=1S/C30H41F2N7O3/c1-18-16-37(17-19(2)42-18)24-14-25(38-23-9-7-6-8-22(23)34-27(38)26(31)32)36-28(35-24)33-15-20-10-12-21(13-11-20)39(29(40)41)30(3,4)5/h6-9,14,18-21,26H,10-13,15-17H2,1-5H3,(H,40,41)(H,33,35,36)/t18-,19+,20?,21?. The minimum atomic E-state index is -2.79. The van der Waals surface area contributed by atoms with E-state index in [-0.39, 0.29) is 24.1 Å². The van der Waals surface area contributed by atoms with Crippen LogP contribution in [0.25, 0.3) is 16.9 Å². The van der Waals surface area contributed by atoms with Gasteiger partial charge in [-0.2, -0.15) is 9.97 Å². The lowest BCUT2D eigenvalue weighted by molar-refractivity contribution is -0.00546. The first-order chi connectivity index (χ1) is 19.9. The van der Waals surface area contributed by atoms with Crippen LogP contribution >= 0.6 is 0 Å². The Morgan fingerprint density at radius 3 is 2.33 bits per heavy atom. The molecule has 1 aliphatic heterocycles. The number of fused-ring (bicyclic) bond motifs is 1. The maximum Gasteiger partial charge on any atom is 0.407 e. The van der Waals surface area contributed by atoms with E-state index in [2.05, 4.69) is 15.2 Å². The van der Waals surface area contributed by atoms with Crippen LogP contribution in [0, 0.1) is 5.92 Å². The second-order valence-corrected chi connectivity index (χ2v) is 12.5. The average molecular weight is 586 g/mol. The van der Waals surface area contributed by atoms with Crippen molar-refractivity contribution in [2.75, 3.05) is 29.9 Å². The molecule has 0 radical (unpaired) electrons. The predicted octanol–water partition coefficient (Wildman–Crippen LogP) is 6.12. The summed E-state index contributed by atoms with van der Waals surface area (Å²) in [6.07, 6.45) is -0.401. The molecule has 1 saturated heterocycles. The molecule has 1 aromatic carbocycles. The highest BCUT2D eigenvalue weighted by Gasteiger charge is 2.35. The minimum absolute atomic E-state index is 0.0112. The SMILES string of the molecule is C[C@@H]1CN(c2cc(-n3c(C(F)F)nc4ccccc43)nc(NCC3CCC(N(C(=O)O)C(C)(C)C)CC3)n2)C[C@H](C)O1. The van der Waals surface area contributed by atoms with E-state index < -0.39 is 18.1 Å². The summed E-state index contributed by atoms with van der Waals surface area (Å²) < 4.78 is 35.7. The predicted molar refractivity (Wildman–Crippen MR) is 158 cm³/mol. The highest BCUT2D eigenvalue weighted by molar-refractivity contribution is 5.78. The van der Waals surface area contributed by atoms with Gasteiger partial charge in [-0.25, -0.2) is 18.6 Å². The topological polar surface area (TPSA) is 109 Å². The first kappa shape index (κ1) is 29.9. The summed E-state index contributed by atoms with van der Waals surface area (Å²) in [5.41, 5.74) is 0.556. The number of alkyl halides is 2. The Bertz CT molecular complexity index is 1390. The van der Waals surface area contributed by atoms with Crippen molar-refractivity contribution in [1.82, 2.24) is 24.4 Å². The van der Waals surface area contributed by atoms with Gasteiger partial charge in [-0.1, -0.05) is 12.1 Å². The van der Waals surface area contributed by atoms with E-state index in [0.29, 0.717) is 54.2 Å². The molecule has 1 saturated carbocycles. The van der Waals surface area contributed by atoms with Crippen molar-refractivity contribution in [3.05, 3.63) is 36.2 Å². The Labute approximate surface area is 245 Å². The van der Waals surface area contributed by atoms with Gasteiger partial charge in [0, 0.05) is 37.3 Å². The molecule has 2 aliphatic rings. The monoisotopic (exact) mass is 585 g/mol. The average Bonchev–Trinajstić information content (AvgIpc) is 3.31. The number of hydrogen-bond acceptors (Lipinski definition) is 7. The number of carboxylic acid groups (broad SMARTS) is 1. The maximum atomic E-state index is 14.2. The third-order valence-corrected chi connectivity index (χ3v) is 8.11. The molecule has 2 aromatic heterocycles. The van der Waals surface area contributed by atoms with E-state index in [9.17, 15) is 18.7 Å². The quantitative estimate of drug-likeness (QED) is 0.342. The van der Waals surface area contributed by atoms with Crippen molar-refractivity contribution < 1.29 is 23.4 Å². The van der Waals surface area contributed by atoms with Crippen LogP contribution in [-0.4, -0.2) is 79.0 Å². The summed E-state index contributed by atoms with van der Waals surface area (Å²) in [4.78, 5) is 29.4. The number of nitrogens with one attached hydrogen (secondary N) is 1. The van der Waals surface area contributed by atoms with Crippen LogP contribution in [0.3, 0.4) is 0 Å². The van der Waals surface area contributed by atoms with E-state index >= 15 is 0 Å². The van der Waals surface area contributed by atoms with E-state index in [4.69, 9.17) is 14.7 Å². The number of imidazole rings is 1. The molecule has 5 rings (SSSR count). The van der Waals surface area contributed by atoms with E-state index in [1.165, 1.54) is 4.57 Å². The molecule has 2 atom stereocenters. The first-order valence-corrected chi connectivity index (χ1v) is 14.7. The zero-order valence-corrected chi connectivity index (χ0v) is 24.9.